The van der Waals surface area contributed by atoms with Gasteiger partial charge in [0, 0.05) is 5.69 Å². The molecule has 1 amide bonds. The first kappa shape index (κ1) is 13.4. The average molecular weight is 284 g/mol. The Balaban J connectivity index is 2.05. The molecule has 0 bridgehead atoms. The smallest absolute Gasteiger partial charge is 0.296 e. The fourth-order valence-corrected chi connectivity index (χ4v) is 2.52. The minimum Gasteiger partial charge on any atom is -0.296 e. The Labute approximate surface area is 121 Å². The first-order valence-corrected chi connectivity index (χ1v) is 6.56. The van der Waals surface area contributed by atoms with E-state index < -0.39 is 17.5 Å². The fourth-order valence-electron chi connectivity index (χ4n) is 2.52. The maximum absolute atomic E-state index is 14.2. The molecule has 0 saturated carbocycles. The standard InChI is InChI=1S/C16H13FN2O2/c1-9-6-12-14(13(17)7-9)19(16(21)15(12)20)8-11-5-3-4-10(2)18-11/h3-7H,8H2,1-2H3. The second-order valence-electron chi connectivity index (χ2n) is 5.13. The van der Waals surface area contributed by atoms with Crippen LogP contribution in [0, 0.1) is 19.7 Å². The van der Waals surface area contributed by atoms with Crippen molar-refractivity contribution in [3.8, 4) is 0 Å². The van der Waals surface area contributed by atoms with E-state index in [0.717, 1.165) is 10.6 Å². The van der Waals surface area contributed by atoms with Crippen molar-refractivity contribution in [2.75, 3.05) is 4.90 Å². The van der Waals surface area contributed by atoms with Crippen LogP contribution in [0.3, 0.4) is 0 Å². The Hall–Kier alpha value is -2.56. The van der Waals surface area contributed by atoms with Crippen LogP contribution in [0.1, 0.15) is 27.3 Å². The molecule has 0 spiro atoms. The molecule has 3 rings (SSSR count). The third-order valence-electron chi connectivity index (χ3n) is 3.43. The lowest BCUT2D eigenvalue weighted by Gasteiger charge is -2.17. The van der Waals surface area contributed by atoms with Crippen molar-refractivity contribution in [1.29, 1.82) is 0 Å². The van der Waals surface area contributed by atoms with E-state index in [1.807, 2.05) is 19.1 Å². The molecular formula is C16H13FN2O2. The number of Topliss-reactive ketones (excluding diaryl/α,β-unsaturated/α-hetero) is 1. The molecule has 1 aliphatic rings. The van der Waals surface area contributed by atoms with Crippen LogP contribution in [0.4, 0.5) is 10.1 Å². The predicted octanol–water partition coefficient (Wildman–Crippen LogP) is 2.57. The Bertz CT molecular complexity index is 771. The Kier molecular flexibility index (Phi) is 3.05. The number of hydrogen-bond donors (Lipinski definition) is 0. The number of carbonyl (C=O) groups excluding carboxylic acids is 2. The molecule has 2 heterocycles. The summed E-state index contributed by atoms with van der Waals surface area (Å²) in [6, 6.07) is 8.25. The van der Waals surface area contributed by atoms with E-state index >= 15 is 0 Å². The molecule has 4 nitrogen and oxygen atoms in total. The first-order valence-electron chi connectivity index (χ1n) is 6.56. The molecule has 5 heteroatoms. The summed E-state index contributed by atoms with van der Waals surface area (Å²) in [5, 5.41) is 0. The number of halogens is 1. The van der Waals surface area contributed by atoms with E-state index in [0.29, 0.717) is 11.3 Å². The van der Waals surface area contributed by atoms with Crippen LogP contribution in [0.15, 0.2) is 30.3 Å². The van der Waals surface area contributed by atoms with E-state index in [2.05, 4.69) is 4.98 Å². The molecule has 0 radical (unpaired) electrons. The third-order valence-corrected chi connectivity index (χ3v) is 3.43. The number of amides is 1. The number of aryl methyl sites for hydroxylation is 2. The van der Waals surface area contributed by atoms with E-state index in [1.165, 1.54) is 6.07 Å². The highest BCUT2D eigenvalue weighted by Gasteiger charge is 2.38. The van der Waals surface area contributed by atoms with Crippen molar-refractivity contribution >= 4 is 17.4 Å². The van der Waals surface area contributed by atoms with Gasteiger partial charge in [-0.25, -0.2) is 4.39 Å². The third kappa shape index (κ3) is 2.20. The summed E-state index contributed by atoms with van der Waals surface area (Å²) < 4.78 is 14.2. The molecule has 0 N–H and O–H groups in total. The van der Waals surface area contributed by atoms with Gasteiger partial charge in [-0.2, -0.15) is 0 Å². The Morgan fingerprint density at radius 2 is 1.95 bits per heavy atom. The van der Waals surface area contributed by atoms with Crippen molar-refractivity contribution in [2.24, 2.45) is 0 Å². The number of benzene rings is 1. The molecule has 106 valence electrons. The highest BCUT2D eigenvalue weighted by molar-refractivity contribution is 6.52. The maximum Gasteiger partial charge on any atom is 0.299 e. The van der Waals surface area contributed by atoms with E-state index in [-0.39, 0.29) is 17.8 Å². The molecule has 0 aliphatic carbocycles. The van der Waals surface area contributed by atoms with Gasteiger partial charge in [-0.15, -0.1) is 0 Å². The summed E-state index contributed by atoms with van der Waals surface area (Å²) in [7, 11) is 0. The first-order chi connectivity index (χ1) is 9.97. The van der Waals surface area contributed by atoms with Crippen molar-refractivity contribution in [2.45, 2.75) is 20.4 Å². The van der Waals surface area contributed by atoms with Gasteiger partial charge in [-0.3, -0.25) is 19.5 Å². The number of nitrogens with zero attached hydrogens (tertiary/aromatic N) is 2. The number of aromatic nitrogens is 1. The van der Waals surface area contributed by atoms with E-state index in [1.54, 1.807) is 19.1 Å². The molecule has 0 saturated heterocycles. The number of anilines is 1. The quantitative estimate of drug-likeness (QED) is 0.796. The zero-order valence-corrected chi connectivity index (χ0v) is 11.7. The van der Waals surface area contributed by atoms with Gasteiger partial charge in [0.1, 0.15) is 5.82 Å². The van der Waals surface area contributed by atoms with Gasteiger partial charge < -0.3 is 0 Å². The van der Waals surface area contributed by atoms with Gasteiger partial charge in [0.05, 0.1) is 23.5 Å². The lowest BCUT2D eigenvalue weighted by atomic mass is 10.1. The minimum atomic E-state index is -0.710. The highest BCUT2D eigenvalue weighted by atomic mass is 19.1. The van der Waals surface area contributed by atoms with Gasteiger partial charge in [0.25, 0.3) is 11.7 Å². The van der Waals surface area contributed by atoms with E-state index in [9.17, 15) is 14.0 Å². The number of ketones is 1. The van der Waals surface area contributed by atoms with E-state index in [4.69, 9.17) is 0 Å². The molecule has 0 fully saturated rings. The lowest BCUT2D eigenvalue weighted by Crippen LogP contribution is -2.30. The van der Waals surface area contributed by atoms with Crippen molar-refractivity contribution in [3.63, 3.8) is 0 Å². The maximum atomic E-state index is 14.2. The second-order valence-corrected chi connectivity index (χ2v) is 5.13. The zero-order chi connectivity index (χ0) is 15.1. The van der Waals surface area contributed by atoms with Crippen molar-refractivity contribution in [1.82, 2.24) is 4.98 Å². The lowest BCUT2D eigenvalue weighted by molar-refractivity contribution is -0.114. The van der Waals surface area contributed by atoms with Gasteiger partial charge in [0.15, 0.2) is 0 Å². The van der Waals surface area contributed by atoms with Crippen LogP contribution in [-0.2, 0) is 11.3 Å². The highest BCUT2D eigenvalue weighted by Crippen LogP contribution is 2.33. The van der Waals surface area contributed by atoms with Crippen LogP contribution in [-0.4, -0.2) is 16.7 Å². The molecule has 0 atom stereocenters. The average Bonchev–Trinajstić information content (AvgIpc) is 2.64. The fraction of sp³-hybridized carbons (Fsp3) is 0.188. The van der Waals surface area contributed by atoms with Crippen LogP contribution < -0.4 is 4.90 Å². The monoisotopic (exact) mass is 284 g/mol. The topological polar surface area (TPSA) is 50.3 Å². The normalized spacial score (nSPS) is 13.8. The molecular weight excluding hydrogens is 271 g/mol. The number of hydrogen-bond acceptors (Lipinski definition) is 3. The summed E-state index contributed by atoms with van der Waals surface area (Å²) in [4.78, 5) is 29.5. The Morgan fingerprint density at radius 3 is 2.67 bits per heavy atom. The van der Waals surface area contributed by atoms with Crippen molar-refractivity contribution in [3.05, 3.63) is 58.7 Å². The minimum absolute atomic E-state index is 0.0545. The largest absolute Gasteiger partial charge is 0.299 e. The van der Waals surface area contributed by atoms with Crippen LogP contribution in [0.25, 0.3) is 0 Å². The van der Waals surface area contributed by atoms with Gasteiger partial charge >= 0.3 is 0 Å². The van der Waals surface area contributed by atoms with Gasteiger partial charge in [-0.05, 0) is 43.7 Å². The number of rotatable bonds is 2. The number of pyridine rings is 1. The SMILES string of the molecule is Cc1cc(F)c2c(c1)C(=O)C(=O)N2Cc1cccc(C)n1. The summed E-state index contributed by atoms with van der Waals surface area (Å²) in [5.74, 6) is -1.94. The van der Waals surface area contributed by atoms with Crippen LogP contribution in [0.5, 0.6) is 0 Å². The van der Waals surface area contributed by atoms with Gasteiger partial charge in [0.2, 0.25) is 0 Å². The van der Waals surface area contributed by atoms with Crippen molar-refractivity contribution < 1.29 is 14.0 Å². The molecule has 1 aliphatic heterocycles. The second kappa shape index (κ2) is 4.77. The predicted molar refractivity (Wildman–Crippen MR) is 75.6 cm³/mol. The van der Waals surface area contributed by atoms with Gasteiger partial charge in [-0.1, -0.05) is 6.07 Å². The molecule has 1 aromatic heterocycles. The molecule has 21 heavy (non-hydrogen) atoms. The molecule has 0 unspecified atom stereocenters. The van der Waals surface area contributed by atoms with Crippen LogP contribution in [0.2, 0.25) is 0 Å². The zero-order valence-electron chi connectivity index (χ0n) is 11.7. The van der Waals surface area contributed by atoms with Crippen LogP contribution >= 0.6 is 0 Å². The molecule has 2 aromatic rings. The summed E-state index contributed by atoms with van der Waals surface area (Å²) in [6.07, 6.45) is 0. The Morgan fingerprint density at radius 1 is 1.19 bits per heavy atom. The summed E-state index contributed by atoms with van der Waals surface area (Å²) >= 11 is 0. The summed E-state index contributed by atoms with van der Waals surface area (Å²) in [6.45, 7) is 3.60. The number of carbonyl (C=O) groups is 2. The molecule has 1 aromatic carbocycles. The summed E-state index contributed by atoms with van der Waals surface area (Å²) in [5.41, 5.74) is 2.21. The number of fused-ring (bicyclic) bond motifs is 1.